The summed E-state index contributed by atoms with van der Waals surface area (Å²) in [7, 11) is 0. The molecule has 5 heteroatoms. The standard InChI is InChI=1S/C21H19NO4/c23-17-12-20(26-19-8-4-2-6-16(17)19)21(24)22-13-14-9-10-25-18-7-3-1-5-15(18)11-14/h1-8,12,14H,9-11,13H2,(H,22,24)/t14-/m0/s1. The van der Waals surface area contributed by atoms with Crippen LogP contribution in [0.1, 0.15) is 22.5 Å². The Morgan fingerprint density at radius 1 is 1.12 bits per heavy atom. The lowest BCUT2D eigenvalue weighted by Gasteiger charge is -2.14. The Balaban J connectivity index is 1.47. The van der Waals surface area contributed by atoms with E-state index >= 15 is 0 Å². The first-order valence-electron chi connectivity index (χ1n) is 8.72. The summed E-state index contributed by atoms with van der Waals surface area (Å²) < 4.78 is 11.4. The summed E-state index contributed by atoms with van der Waals surface area (Å²) >= 11 is 0. The van der Waals surface area contributed by atoms with Crippen LogP contribution in [0.2, 0.25) is 0 Å². The molecule has 3 aromatic rings. The Morgan fingerprint density at radius 2 is 1.92 bits per heavy atom. The fraction of sp³-hybridized carbons (Fsp3) is 0.238. The molecule has 0 saturated heterocycles. The molecule has 0 radical (unpaired) electrons. The van der Waals surface area contributed by atoms with Crippen LogP contribution in [0.25, 0.3) is 11.0 Å². The minimum Gasteiger partial charge on any atom is -0.493 e. The van der Waals surface area contributed by atoms with Crippen molar-refractivity contribution in [2.75, 3.05) is 13.2 Å². The van der Waals surface area contributed by atoms with Gasteiger partial charge in [-0.3, -0.25) is 9.59 Å². The molecule has 0 saturated carbocycles. The van der Waals surface area contributed by atoms with Crippen molar-refractivity contribution in [2.45, 2.75) is 12.8 Å². The predicted molar refractivity (Wildman–Crippen MR) is 98.6 cm³/mol. The lowest BCUT2D eigenvalue weighted by atomic mass is 9.97. The maximum absolute atomic E-state index is 12.4. The first-order chi connectivity index (χ1) is 12.7. The minimum atomic E-state index is -0.369. The number of carbonyl (C=O) groups excluding carboxylic acids is 1. The highest BCUT2D eigenvalue weighted by Gasteiger charge is 2.19. The smallest absolute Gasteiger partial charge is 0.287 e. The van der Waals surface area contributed by atoms with Crippen molar-refractivity contribution in [3.8, 4) is 5.75 Å². The lowest BCUT2D eigenvalue weighted by Crippen LogP contribution is -2.31. The van der Waals surface area contributed by atoms with Gasteiger partial charge in [-0.05, 0) is 42.5 Å². The van der Waals surface area contributed by atoms with Crippen LogP contribution in [0.5, 0.6) is 5.75 Å². The summed E-state index contributed by atoms with van der Waals surface area (Å²) in [5, 5.41) is 3.37. The Labute approximate surface area is 150 Å². The van der Waals surface area contributed by atoms with Gasteiger partial charge < -0.3 is 14.5 Å². The van der Waals surface area contributed by atoms with Crippen molar-refractivity contribution in [3.05, 3.63) is 76.1 Å². The second-order valence-corrected chi connectivity index (χ2v) is 6.50. The minimum absolute atomic E-state index is 0.0407. The molecule has 0 bridgehead atoms. The van der Waals surface area contributed by atoms with Crippen LogP contribution < -0.4 is 15.5 Å². The largest absolute Gasteiger partial charge is 0.493 e. The van der Waals surface area contributed by atoms with Gasteiger partial charge in [0.15, 0.2) is 11.2 Å². The average Bonchev–Trinajstić information content (AvgIpc) is 2.88. The normalized spacial score (nSPS) is 16.4. The van der Waals surface area contributed by atoms with E-state index in [0.29, 0.717) is 24.1 Å². The monoisotopic (exact) mass is 349 g/mol. The van der Waals surface area contributed by atoms with Crippen molar-refractivity contribution in [2.24, 2.45) is 5.92 Å². The molecule has 2 heterocycles. The zero-order chi connectivity index (χ0) is 17.9. The molecule has 2 aromatic carbocycles. The molecule has 4 rings (SSSR count). The SMILES string of the molecule is O=C(NC[C@H]1CCOc2ccccc2C1)c1cc(=O)c2ccccc2o1. The molecule has 5 nitrogen and oxygen atoms in total. The second-order valence-electron chi connectivity index (χ2n) is 6.50. The molecule has 1 aliphatic rings. The van der Waals surface area contributed by atoms with Crippen LogP contribution >= 0.6 is 0 Å². The Bertz CT molecular complexity index is 1010. The Hall–Kier alpha value is -3.08. The van der Waals surface area contributed by atoms with Crippen molar-refractivity contribution >= 4 is 16.9 Å². The summed E-state index contributed by atoms with van der Waals surface area (Å²) in [6.07, 6.45) is 1.70. The van der Waals surface area contributed by atoms with Crippen molar-refractivity contribution in [3.63, 3.8) is 0 Å². The van der Waals surface area contributed by atoms with E-state index in [1.54, 1.807) is 24.3 Å². The Morgan fingerprint density at radius 3 is 2.85 bits per heavy atom. The highest BCUT2D eigenvalue weighted by molar-refractivity contribution is 5.93. The van der Waals surface area contributed by atoms with Crippen LogP contribution in [0, 0.1) is 5.92 Å². The summed E-state index contributed by atoms with van der Waals surface area (Å²) in [6.45, 7) is 1.13. The van der Waals surface area contributed by atoms with E-state index in [1.807, 2.05) is 18.2 Å². The molecule has 1 amide bonds. The third-order valence-electron chi connectivity index (χ3n) is 4.67. The number of rotatable bonds is 3. The molecule has 132 valence electrons. The van der Waals surface area contributed by atoms with Crippen molar-refractivity contribution in [1.82, 2.24) is 5.32 Å². The number of hydrogen-bond acceptors (Lipinski definition) is 4. The van der Waals surface area contributed by atoms with E-state index in [4.69, 9.17) is 9.15 Å². The molecular weight excluding hydrogens is 330 g/mol. The third kappa shape index (κ3) is 3.33. The molecule has 26 heavy (non-hydrogen) atoms. The third-order valence-corrected chi connectivity index (χ3v) is 4.67. The number of ether oxygens (including phenoxy) is 1. The van der Waals surface area contributed by atoms with E-state index in [0.717, 1.165) is 24.2 Å². The van der Waals surface area contributed by atoms with Crippen molar-refractivity contribution < 1.29 is 13.9 Å². The van der Waals surface area contributed by atoms with Crippen LogP contribution in [0.4, 0.5) is 0 Å². The van der Waals surface area contributed by atoms with Gasteiger partial charge in [0.05, 0.1) is 12.0 Å². The lowest BCUT2D eigenvalue weighted by molar-refractivity contribution is 0.0918. The zero-order valence-corrected chi connectivity index (χ0v) is 14.2. The highest BCUT2D eigenvalue weighted by Crippen LogP contribution is 2.26. The van der Waals surface area contributed by atoms with E-state index < -0.39 is 0 Å². The summed E-state index contributed by atoms with van der Waals surface area (Å²) in [5.74, 6) is 0.863. The summed E-state index contributed by atoms with van der Waals surface area (Å²) in [4.78, 5) is 24.6. The topological polar surface area (TPSA) is 68.5 Å². The van der Waals surface area contributed by atoms with Crippen LogP contribution in [0.15, 0.2) is 63.8 Å². The number of benzene rings is 2. The van der Waals surface area contributed by atoms with Gasteiger partial charge in [0.25, 0.3) is 5.91 Å². The predicted octanol–water partition coefficient (Wildman–Crippen LogP) is 3.16. The van der Waals surface area contributed by atoms with Crippen LogP contribution in [-0.4, -0.2) is 19.1 Å². The number of carbonyl (C=O) groups is 1. The first kappa shape index (κ1) is 16.4. The summed E-state index contributed by atoms with van der Waals surface area (Å²) in [5.41, 5.74) is 1.36. The fourth-order valence-corrected chi connectivity index (χ4v) is 3.28. The summed E-state index contributed by atoms with van der Waals surface area (Å²) in [6, 6.07) is 16.1. The molecular formula is C21H19NO4. The van der Waals surface area contributed by atoms with Crippen LogP contribution in [0.3, 0.4) is 0 Å². The average molecular weight is 349 g/mol. The van der Waals surface area contributed by atoms with Gasteiger partial charge in [-0.2, -0.15) is 0 Å². The number of para-hydroxylation sites is 2. The van der Waals surface area contributed by atoms with Gasteiger partial charge in [-0.15, -0.1) is 0 Å². The Kier molecular flexibility index (Phi) is 4.44. The van der Waals surface area contributed by atoms with Gasteiger partial charge in [0.1, 0.15) is 11.3 Å². The first-order valence-corrected chi connectivity index (χ1v) is 8.72. The quantitative estimate of drug-likeness (QED) is 0.789. The molecule has 0 unspecified atom stereocenters. The fourth-order valence-electron chi connectivity index (χ4n) is 3.28. The van der Waals surface area contributed by atoms with Gasteiger partial charge in [-0.1, -0.05) is 30.3 Å². The van der Waals surface area contributed by atoms with Gasteiger partial charge >= 0.3 is 0 Å². The van der Waals surface area contributed by atoms with E-state index in [2.05, 4.69) is 11.4 Å². The molecule has 1 aliphatic heterocycles. The van der Waals surface area contributed by atoms with Crippen LogP contribution in [-0.2, 0) is 6.42 Å². The number of fused-ring (bicyclic) bond motifs is 2. The number of amides is 1. The molecule has 1 aromatic heterocycles. The van der Waals surface area contributed by atoms with Gasteiger partial charge in [0, 0.05) is 12.6 Å². The number of hydrogen-bond donors (Lipinski definition) is 1. The van der Waals surface area contributed by atoms with Gasteiger partial charge in [0.2, 0.25) is 0 Å². The van der Waals surface area contributed by atoms with E-state index in [1.165, 1.54) is 6.07 Å². The molecule has 0 aliphatic carbocycles. The number of nitrogens with one attached hydrogen (secondary N) is 1. The maximum atomic E-state index is 12.4. The highest BCUT2D eigenvalue weighted by atomic mass is 16.5. The molecule has 1 N–H and O–H groups in total. The van der Waals surface area contributed by atoms with Gasteiger partial charge in [-0.25, -0.2) is 0 Å². The zero-order valence-electron chi connectivity index (χ0n) is 14.2. The molecule has 1 atom stereocenters. The molecule has 0 spiro atoms. The van der Waals surface area contributed by atoms with Crippen molar-refractivity contribution in [1.29, 1.82) is 0 Å². The van der Waals surface area contributed by atoms with E-state index in [-0.39, 0.29) is 23.0 Å². The molecule has 0 fully saturated rings. The maximum Gasteiger partial charge on any atom is 0.287 e. The second kappa shape index (κ2) is 7.04. The van der Waals surface area contributed by atoms with E-state index in [9.17, 15) is 9.59 Å².